The highest BCUT2D eigenvalue weighted by atomic mass is 16.6. The molecule has 1 aliphatic rings. The van der Waals surface area contributed by atoms with Crippen LogP contribution in [0.1, 0.15) is 72.9 Å². The number of ether oxygens (including phenoxy) is 2. The molecule has 0 aromatic heterocycles. The van der Waals surface area contributed by atoms with E-state index in [4.69, 9.17) is 9.47 Å². The molecule has 0 saturated carbocycles. The van der Waals surface area contributed by atoms with Crippen LogP contribution >= 0.6 is 0 Å². The molecule has 0 bridgehead atoms. The molecule has 8 nitrogen and oxygen atoms in total. The van der Waals surface area contributed by atoms with E-state index in [1.54, 1.807) is 77.1 Å². The van der Waals surface area contributed by atoms with E-state index in [-0.39, 0.29) is 24.1 Å². The minimum atomic E-state index is -0.831. The summed E-state index contributed by atoms with van der Waals surface area (Å²) < 4.78 is 10.6. The van der Waals surface area contributed by atoms with Gasteiger partial charge in [0.05, 0.1) is 12.2 Å². The Balaban J connectivity index is 1.55. The third-order valence-electron chi connectivity index (χ3n) is 5.43. The van der Waals surface area contributed by atoms with Crippen LogP contribution in [-0.4, -0.2) is 48.4 Å². The third kappa shape index (κ3) is 6.26. The number of benzene rings is 2. The molecule has 0 heterocycles. The van der Waals surface area contributed by atoms with Crippen LogP contribution < -0.4 is 10.6 Å². The maximum Gasteiger partial charge on any atom is 0.408 e. The number of hydrogen-bond donors (Lipinski definition) is 2. The summed E-state index contributed by atoms with van der Waals surface area (Å²) in [5.74, 6) is -1.10. The minimum Gasteiger partial charge on any atom is -0.464 e. The van der Waals surface area contributed by atoms with Crippen molar-refractivity contribution >= 4 is 29.3 Å². The molecule has 186 valence electrons. The number of nitrogens with one attached hydrogen (secondary N) is 2. The van der Waals surface area contributed by atoms with Crippen LogP contribution in [0.3, 0.4) is 0 Å². The lowest BCUT2D eigenvalue weighted by Gasteiger charge is -2.24. The molecular weight excluding hydrogens is 448 g/mol. The second-order valence-corrected chi connectivity index (χ2v) is 9.75. The molecule has 0 unspecified atom stereocenters. The summed E-state index contributed by atoms with van der Waals surface area (Å²) in [6.45, 7) is 9.38. The molecule has 1 amide bonds. The van der Waals surface area contributed by atoms with E-state index in [1.165, 1.54) is 0 Å². The van der Waals surface area contributed by atoms with Gasteiger partial charge in [-0.3, -0.25) is 9.59 Å². The van der Waals surface area contributed by atoms with Crippen molar-refractivity contribution in [1.82, 2.24) is 5.32 Å². The van der Waals surface area contributed by atoms with Gasteiger partial charge in [-0.1, -0.05) is 50.2 Å². The quantitative estimate of drug-likeness (QED) is 0.364. The van der Waals surface area contributed by atoms with Crippen LogP contribution in [-0.2, 0) is 14.3 Å². The number of amides is 1. The summed E-state index contributed by atoms with van der Waals surface area (Å²) in [5, 5.41) is 5.75. The molecule has 2 aromatic rings. The molecule has 0 fully saturated rings. The number of hydrogen-bond acceptors (Lipinski definition) is 7. The molecule has 0 spiro atoms. The van der Waals surface area contributed by atoms with Crippen LogP contribution in [0.15, 0.2) is 42.5 Å². The number of anilines is 1. The van der Waals surface area contributed by atoms with Crippen molar-refractivity contribution in [2.75, 3.05) is 18.5 Å². The van der Waals surface area contributed by atoms with Gasteiger partial charge in [-0.25, -0.2) is 9.59 Å². The van der Waals surface area contributed by atoms with Gasteiger partial charge < -0.3 is 20.1 Å². The molecule has 35 heavy (non-hydrogen) atoms. The van der Waals surface area contributed by atoms with Gasteiger partial charge >= 0.3 is 12.1 Å². The fourth-order valence-corrected chi connectivity index (χ4v) is 3.78. The van der Waals surface area contributed by atoms with Gasteiger partial charge in [-0.05, 0) is 39.2 Å². The number of alkyl carbamates (subject to hydrolysis) is 1. The SMILES string of the molecule is CC(C)[C@@H](NC(=O)OC(C)(C)C)C(=O)OCCCNc1cccc2c1C(=O)c1ccccc1C2=O. The highest BCUT2D eigenvalue weighted by Crippen LogP contribution is 2.31. The number of ketones is 2. The Labute approximate surface area is 205 Å². The van der Waals surface area contributed by atoms with E-state index < -0.39 is 23.7 Å². The Morgan fingerprint density at radius 3 is 2.17 bits per heavy atom. The van der Waals surface area contributed by atoms with Gasteiger partial charge in [0, 0.05) is 28.9 Å². The Hall–Kier alpha value is -3.68. The number of carbonyl (C=O) groups is 4. The average molecular weight is 481 g/mol. The first-order valence-corrected chi connectivity index (χ1v) is 11.7. The molecule has 8 heteroatoms. The van der Waals surface area contributed by atoms with Gasteiger partial charge in [0.25, 0.3) is 0 Å². The van der Waals surface area contributed by atoms with Crippen molar-refractivity contribution in [2.24, 2.45) is 5.92 Å². The zero-order valence-electron chi connectivity index (χ0n) is 20.8. The molecule has 0 saturated heterocycles. The van der Waals surface area contributed by atoms with Gasteiger partial charge in [-0.15, -0.1) is 0 Å². The zero-order chi connectivity index (χ0) is 25.8. The Morgan fingerprint density at radius 2 is 1.54 bits per heavy atom. The topological polar surface area (TPSA) is 111 Å². The Kier molecular flexibility index (Phi) is 7.94. The standard InChI is InChI=1S/C27H32N2O6/c1-16(2)22(29-26(33)35-27(3,4)5)25(32)34-15-9-14-28-20-13-8-12-19-21(20)24(31)18-11-7-6-10-17(18)23(19)30/h6-8,10-13,16,22,28H,9,14-15H2,1-5H3,(H,29,33)/t22-/m1/s1. The summed E-state index contributed by atoms with van der Waals surface area (Å²) >= 11 is 0. The summed E-state index contributed by atoms with van der Waals surface area (Å²) in [7, 11) is 0. The minimum absolute atomic E-state index is 0.121. The molecule has 2 aromatic carbocycles. The Morgan fingerprint density at radius 1 is 0.914 bits per heavy atom. The van der Waals surface area contributed by atoms with Crippen LogP contribution in [0, 0.1) is 5.92 Å². The van der Waals surface area contributed by atoms with E-state index in [1.807, 2.05) is 0 Å². The monoisotopic (exact) mass is 480 g/mol. The Bertz CT molecular complexity index is 1130. The van der Waals surface area contributed by atoms with E-state index in [0.717, 1.165) is 0 Å². The highest BCUT2D eigenvalue weighted by molar-refractivity contribution is 6.30. The van der Waals surface area contributed by atoms with Crippen LogP contribution in [0.5, 0.6) is 0 Å². The number of fused-ring (bicyclic) bond motifs is 2. The molecule has 1 aliphatic carbocycles. The lowest BCUT2D eigenvalue weighted by Crippen LogP contribution is -2.47. The number of carbonyl (C=O) groups excluding carboxylic acids is 4. The number of rotatable bonds is 8. The van der Waals surface area contributed by atoms with Crippen molar-refractivity contribution < 1.29 is 28.7 Å². The van der Waals surface area contributed by atoms with Gasteiger partial charge in [0.2, 0.25) is 0 Å². The van der Waals surface area contributed by atoms with E-state index >= 15 is 0 Å². The first-order chi connectivity index (χ1) is 16.5. The average Bonchev–Trinajstić information content (AvgIpc) is 2.79. The first kappa shape index (κ1) is 25.9. The van der Waals surface area contributed by atoms with E-state index in [9.17, 15) is 19.2 Å². The molecule has 3 rings (SSSR count). The fraction of sp³-hybridized carbons (Fsp3) is 0.407. The van der Waals surface area contributed by atoms with Crippen molar-refractivity contribution in [3.63, 3.8) is 0 Å². The van der Waals surface area contributed by atoms with E-state index in [2.05, 4.69) is 10.6 Å². The maximum atomic E-state index is 13.1. The number of esters is 1. The summed E-state index contributed by atoms with van der Waals surface area (Å²) in [6.07, 6.45) is -0.213. The molecule has 0 radical (unpaired) electrons. The van der Waals surface area contributed by atoms with Gasteiger partial charge in [-0.2, -0.15) is 0 Å². The van der Waals surface area contributed by atoms with Crippen LogP contribution in [0.25, 0.3) is 0 Å². The largest absolute Gasteiger partial charge is 0.464 e. The molecule has 2 N–H and O–H groups in total. The zero-order valence-corrected chi connectivity index (χ0v) is 20.8. The lowest BCUT2D eigenvalue weighted by atomic mass is 9.83. The van der Waals surface area contributed by atoms with Gasteiger partial charge in [0.1, 0.15) is 11.6 Å². The smallest absolute Gasteiger partial charge is 0.408 e. The fourth-order valence-electron chi connectivity index (χ4n) is 3.78. The molecular formula is C27H32N2O6. The maximum absolute atomic E-state index is 13.1. The normalized spacial score (nSPS) is 13.5. The molecule has 0 aliphatic heterocycles. The van der Waals surface area contributed by atoms with E-state index in [0.29, 0.717) is 40.9 Å². The summed E-state index contributed by atoms with van der Waals surface area (Å²) in [5.41, 5.74) is 1.42. The summed E-state index contributed by atoms with van der Waals surface area (Å²) in [4.78, 5) is 50.5. The summed E-state index contributed by atoms with van der Waals surface area (Å²) in [6, 6.07) is 11.1. The van der Waals surface area contributed by atoms with Gasteiger partial charge in [0.15, 0.2) is 11.6 Å². The lowest BCUT2D eigenvalue weighted by molar-refractivity contribution is -0.147. The van der Waals surface area contributed by atoms with Crippen LogP contribution in [0.4, 0.5) is 10.5 Å². The second kappa shape index (κ2) is 10.7. The van der Waals surface area contributed by atoms with Crippen LogP contribution in [0.2, 0.25) is 0 Å². The highest BCUT2D eigenvalue weighted by Gasteiger charge is 2.31. The van der Waals surface area contributed by atoms with Crippen molar-refractivity contribution in [1.29, 1.82) is 0 Å². The van der Waals surface area contributed by atoms with Crippen molar-refractivity contribution in [3.8, 4) is 0 Å². The van der Waals surface area contributed by atoms with Crippen molar-refractivity contribution in [2.45, 2.75) is 52.7 Å². The third-order valence-corrected chi connectivity index (χ3v) is 5.43. The second-order valence-electron chi connectivity index (χ2n) is 9.75. The van der Waals surface area contributed by atoms with Crippen molar-refractivity contribution in [3.05, 3.63) is 64.7 Å². The molecule has 1 atom stereocenters. The predicted molar refractivity (Wildman–Crippen MR) is 132 cm³/mol. The predicted octanol–water partition coefficient (Wildman–Crippen LogP) is 4.36. The first-order valence-electron chi connectivity index (χ1n) is 11.7.